The van der Waals surface area contributed by atoms with Crippen molar-refractivity contribution in [3.63, 3.8) is 0 Å². The number of carbonyl (C=O) groups excluding carboxylic acids is 2. The quantitative estimate of drug-likeness (QED) is 0.627. The standard InChI is InChI=1S/C25H26N4O4/c1-3-28-13-14-29(24(31)21-11-12-23(30)27-26-21)22(25(28)32)16-17-5-4-6-19(15-17)18-7-9-20(33-2)10-8-18/h4-12,15,22H,3,13-14,16H2,1-2H3,(H,27,30)/t22-/m1/s1. The Morgan fingerprint density at radius 1 is 1.06 bits per heavy atom. The van der Waals surface area contributed by atoms with E-state index in [4.69, 9.17) is 4.74 Å². The molecule has 1 atom stereocenters. The lowest BCUT2D eigenvalue weighted by atomic mass is 9.97. The molecule has 1 aliphatic heterocycles. The van der Waals surface area contributed by atoms with Crippen LogP contribution in [-0.4, -0.2) is 64.6 Å². The number of hydrogen-bond donors (Lipinski definition) is 1. The van der Waals surface area contributed by atoms with Crippen LogP contribution in [0.25, 0.3) is 11.1 Å². The normalized spacial score (nSPS) is 16.1. The Labute approximate surface area is 191 Å². The number of aromatic amines is 1. The van der Waals surface area contributed by atoms with Crippen LogP contribution < -0.4 is 10.3 Å². The van der Waals surface area contributed by atoms with E-state index in [0.717, 1.165) is 22.4 Å². The highest BCUT2D eigenvalue weighted by atomic mass is 16.5. The van der Waals surface area contributed by atoms with E-state index in [1.165, 1.54) is 12.1 Å². The van der Waals surface area contributed by atoms with E-state index in [1.807, 2.05) is 55.5 Å². The van der Waals surface area contributed by atoms with Crippen LogP contribution in [0.15, 0.2) is 65.5 Å². The zero-order valence-electron chi connectivity index (χ0n) is 18.7. The predicted molar refractivity (Wildman–Crippen MR) is 124 cm³/mol. The molecular formula is C25H26N4O4. The number of carbonyl (C=O) groups is 2. The fourth-order valence-electron chi connectivity index (χ4n) is 4.09. The van der Waals surface area contributed by atoms with Crippen LogP contribution in [0, 0.1) is 0 Å². The minimum absolute atomic E-state index is 0.0867. The van der Waals surface area contributed by atoms with Gasteiger partial charge in [0.05, 0.1) is 7.11 Å². The molecule has 0 radical (unpaired) electrons. The number of benzene rings is 2. The maximum Gasteiger partial charge on any atom is 0.275 e. The fraction of sp³-hybridized carbons (Fsp3) is 0.280. The Hall–Kier alpha value is -3.94. The van der Waals surface area contributed by atoms with Crippen molar-refractivity contribution in [3.8, 4) is 16.9 Å². The van der Waals surface area contributed by atoms with Gasteiger partial charge in [0.1, 0.15) is 17.5 Å². The highest BCUT2D eigenvalue weighted by molar-refractivity contribution is 5.96. The third kappa shape index (κ3) is 4.79. The summed E-state index contributed by atoms with van der Waals surface area (Å²) in [5.74, 6) is 0.329. The lowest BCUT2D eigenvalue weighted by Crippen LogP contribution is -2.59. The van der Waals surface area contributed by atoms with Crippen LogP contribution in [0.5, 0.6) is 5.75 Å². The van der Waals surface area contributed by atoms with E-state index in [-0.39, 0.29) is 23.1 Å². The summed E-state index contributed by atoms with van der Waals surface area (Å²) in [4.78, 5) is 41.1. The molecule has 1 fully saturated rings. The van der Waals surface area contributed by atoms with Crippen molar-refractivity contribution in [2.45, 2.75) is 19.4 Å². The summed E-state index contributed by atoms with van der Waals surface area (Å²) in [7, 11) is 1.63. The first-order valence-electron chi connectivity index (χ1n) is 10.9. The van der Waals surface area contributed by atoms with Crippen molar-refractivity contribution >= 4 is 11.8 Å². The number of rotatable bonds is 6. The molecule has 2 amide bonds. The topological polar surface area (TPSA) is 95.6 Å². The number of H-pyrrole nitrogens is 1. The average Bonchev–Trinajstić information content (AvgIpc) is 2.85. The molecule has 8 heteroatoms. The SMILES string of the molecule is CCN1CCN(C(=O)c2ccc(=O)[nH]n2)[C@H](Cc2cccc(-c3ccc(OC)cc3)c2)C1=O. The third-order valence-corrected chi connectivity index (χ3v) is 5.90. The number of likely N-dealkylation sites (N-methyl/N-ethyl adjacent to an activating group) is 1. The Morgan fingerprint density at radius 2 is 1.85 bits per heavy atom. The van der Waals surface area contributed by atoms with Gasteiger partial charge in [0, 0.05) is 32.1 Å². The van der Waals surface area contributed by atoms with Gasteiger partial charge in [0.25, 0.3) is 11.5 Å². The summed E-state index contributed by atoms with van der Waals surface area (Å²) in [6.45, 7) is 3.38. The number of amides is 2. The van der Waals surface area contributed by atoms with E-state index >= 15 is 0 Å². The van der Waals surface area contributed by atoms with Gasteiger partial charge in [-0.3, -0.25) is 14.4 Å². The van der Waals surface area contributed by atoms with Gasteiger partial charge in [-0.05, 0) is 41.8 Å². The van der Waals surface area contributed by atoms with Crippen LogP contribution in [0.2, 0.25) is 0 Å². The van der Waals surface area contributed by atoms with Gasteiger partial charge in [0.15, 0.2) is 0 Å². The maximum atomic E-state index is 13.2. The molecule has 1 N–H and O–H groups in total. The van der Waals surface area contributed by atoms with Gasteiger partial charge in [-0.1, -0.05) is 36.4 Å². The Kier molecular flexibility index (Phi) is 6.53. The molecule has 2 heterocycles. The van der Waals surface area contributed by atoms with Crippen LogP contribution in [0.3, 0.4) is 0 Å². The number of hydrogen-bond acceptors (Lipinski definition) is 5. The monoisotopic (exact) mass is 446 g/mol. The zero-order valence-corrected chi connectivity index (χ0v) is 18.7. The Morgan fingerprint density at radius 3 is 2.52 bits per heavy atom. The molecule has 1 aliphatic rings. The summed E-state index contributed by atoms with van der Waals surface area (Å²) in [6, 6.07) is 17.8. The predicted octanol–water partition coefficient (Wildman–Crippen LogP) is 2.36. The van der Waals surface area contributed by atoms with Gasteiger partial charge in [-0.2, -0.15) is 5.10 Å². The molecule has 1 saturated heterocycles. The lowest BCUT2D eigenvalue weighted by Gasteiger charge is -2.40. The minimum Gasteiger partial charge on any atom is -0.497 e. The Balaban J connectivity index is 1.62. The molecule has 0 bridgehead atoms. The molecule has 4 rings (SSSR count). The molecule has 0 saturated carbocycles. The second kappa shape index (κ2) is 9.68. The second-order valence-corrected chi connectivity index (χ2v) is 7.87. The number of aromatic nitrogens is 2. The molecule has 1 aromatic heterocycles. The van der Waals surface area contributed by atoms with Crippen molar-refractivity contribution in [2.75, 3.05) is 26.7 Å². The molecule has 0 aliphatic carbocycles. The maximum absolute atomic E-state index is 13.2. The first-order chi connectivity index (χ1) is 16.0. The van der Waals surface area contributed by atoms with Crippen molar-refractivity contribution < 1.29 is 14.3 Å². The van der Waals surface area contributed by atoms with Crippen molar-refractivity contribution in [3.05, 3.63) is 82.3 Å². The lowest BCUT2D eigenvalue weighted by molar-refractivity contribution is -0.139. The van der Waals surface area contributed by atoms with Gasteiger partial charge >= 0.3 is 0 Å². The van der Waals surface area contributed by atoms with Crippen molar-refractivity contribution in [2.24, 2.45) is 0 Å². The van der Waals surface area contributed by atoms with Gasteiger partial charge in [-0.25, -0.2) is 5.10 Å². The summed E-state index contributed by atoms with van der Waals surface area (Å²) in [5.41, 5.74) is 2.74. The average molecular weight is 447 g/mol. The van der Waals surface area contributed by atoms with Gasteiger partial charge in [0.2, 0.25) is 5.91 Å². The summed E-state index contributed by atoms with van der Waals surface area (Å²) < 4.78 is 5.23. The number of nitrogens with zero attached hydrogens (tertiary/aromatic N) is 3. The van der Waals surface area contributed by atoms with E-state index in [2.05, 4.69) is 10.2 Å². The summed E-state index contributed by atoms with van der Waals surface area (Å²) in [5, 5.41) is 6.16. The van der Waals surface area contributed by atoms with Gasteiger partial charge < -0.3 is 14.5 Å². The summed E-state index contributed by atoms with van der Waals surface area (Å²) in [6.07, 6.45) is 0.383. The minimum atomic E-state index is -0.647. The largest absolute Gasteiger partial charge is 0.497 e. The summed E-state index contributed by atoms with van der Waals surface area (Å²) >= 11 is 0. The molecule has 2 aromatic carbocycles. The molecule has 0 spiro atoms. The van der Waals surface area contributed by atoms with Crippen molar-refractivity contribution in [1.82, 2.24) is 20.0 Å². The zero-order chi connectivity index (χ0) is 23.4. The highest BCUT2D eigenvalue weighted by Crippen LogP contribution is 2.25. The molecule has 3 aromatic rings. The number of ether oxygens (including phenoxy) is 1. The first kappa shape index (κ1) is 22.3. The number of nitrogens with one attached hydrogen (secondary N) is 1. The van der Waals surface area contributed by atoms with E-state index < -0.39 is 6.04 Å². The Bertz CT molecular complexity index is 1190. The first-order valence-corrected chi connectivity index (χ1v) is 10.9. The van der Waals surface area contributed by atoms with Gasteiger partial charge in [-0.15, -0.1) is 0 Å². The van der Waals surface area contributed by atoms with Crippen LogP contribution in [0.1, 0.15) is 23.0 Å². The molecular weight excluding hydrogens is 420 g/mol. The highest BCUT2D eigenvalue weighted by Gasteiger charge is 2.37. The van der Waals surface area contributed by atoms with E-state index in [0.29, 0.717) is 26.1 Å². The van der Waals surface area contributed by atoms with E-state index in [1.54, 1.807) is 16.9 Å². The van der Waals surface area contributed by atoms with Crippen LogP contribution in [-0.2, 0) is 11.2 Å². The molecule has 0 unspecified atom stereocenters. The molecule has 170 valence electrons. The van der Waals surface area contributed by atoms with E-state index in [9.17, 15) is 14.4 Å². The van der Waals surface area contributed by atoms with Crippen LogP contribution in [0.4, 0.5) is 0 Å². The number of piperazine rings is 1. The molecule has 33 heavy (non-hydrogen) atoms. The third-order valence-electron chi connectivity index (χ3n) is 5.90. The second-order valence-electron chi connectivity index (χ2n) is 7.87. The van der Waals surface area contributed by atoms with Crippen molar-refractivity contribution in [1.29, 1.82) is 0 Å². The number of methoxy groups -OCH3 is 1. The molecule has 8 nitrogen and oxygen atoms in total. The fourth-order valence-corrected chi connectivity index (χ4v) is 4.09. The smallest absolute Gasteiger partial charge is 0.275 e. The van der Waals surface area contributed by atoms with Crippen LogP contribution >= 0.6 is 0 Å².